The molecule has 2 N–H and O–H groups in total. The molecule has 1 rings (SSSR count). The van der Waals surface area contributed by atoms with Crippen molar-refractivity contribution in [1.29, 1.82) is 0 Å². The zero-order chi connectivity index (χ0) is 19.1. The van der Waals surface area contributed by atoms with Crippen LogP contribution in [0.5, 0.6) is 0 Å². The van der Waals surface area contributed by atoms with Gasteiger partial charge in [0.05, 0.1) is 26.7 Å². The van der Waals surface area contributed by atoms with Gasteiger partial charge in [-0.2, -0.15) is 0 Å². The monoisotopic (exact) mass is 380 g/mol. The summed E-state index contributed by atoms with van der Waals surface area (Å²) in [6.45, 7) is 4.87. The third-order valence-corrected chi connectivity index (χ3v) is 4.77. The van der Waals surface area contributed by atoms with E-state index in [1.165, 1.54) is 14.0 Å². The SMILES string of the molecule is COC(=O)CCNC(=O)[C@@H]1OP(=O)(OCCNC(C)=O)OCC1(C)C. The molecule has 1 fully saturated rings. The Labute approximate surface area is 146 Å². The van der Waals surface area contributed by atoms with Crippen LogP contribution < -0.4 is 10.6 Å². The number of phosphoric ester groups is 1. The Morgan fingerprint density at radius 2 is 1.92 bits per heavy atom. The third kappa shape index (κ3) is 7.11. The summed E-state index contributed by atoms with van der Waals surface area (Å²) in [5.74, 6) is -1.24. The highest BCUT2D eigenvalue weighted by molar-refractivity contribution is 7.48. The van der Waals surface area contributed by atoms with Crippen molar-refractivity contribution in [1.82, 2.24) is 10.6 Å². The van der Waals surface area contributed by atoms with Gasteiger partial charge in [0.25, 0.3) is 0 Å². The quantitative estimate of drug-likeness (QED) is 0.351. The summed E-state index contributed by atoms with van der Waals surface area (Å²) in [6, 6.07) is 0. The number of hydrogen-bond acceptors (Lipinski definition) is 8. The van der Waals surface area contributed by atoms with E-state index >= 15 is 0 Å². The molecule has 1 aliphatic heterocycles. The van der Waals surface area contributed by atoms with E-state index < -0.39 is 31.2 Å². The average Bonchev–Trinajstić information content (AvgIpc) is 2.54. The Morgan fingerprint density at radius 3 is 2.52 bits per heavy atom. The number of esters is 1. The van der Waals surface area contributed by atoms with E-state index in [-0.39, 0.29) is 38.6 Å². The van der Waals surface area contributed by atoms with Gasteiger partial charge in [0, 0.05) is 25.4 Å². The van der Waals surface area contributed by atoms with E-state index in [4.69, 9.17) is 13.6 Å². The summed E-state index contributed by atoms with van der Waals surface area (Å²) < 4.78 is 32.5. The van der Waals surface area contributed by atoms with E-state index in [9.17, 15) is 18.9 Å². The first-order valence-electron chi connectivity index (χ1n) is 7.76. The molecule has 1 unspecified atom stereocenters. The highest BCUT2D eigenvalue weighted by atomic mass is 31.2. The van der Waals surface area contributed by atoms with Crippen molar-refractivity contribution >= 4 is 25.6 Å². The van der Waals surface area contributed by atoms with Crippen molar-refractivity contribution in [2.75, 3.05) is 33.4 Å². The van der Waals surface area contributed by atoms with Gasteiger partial charge in [0.2, 0.25) is 11.8 Å². The van der Waals surface area contributed by atoms with E-state index in [0.717, 1.165) is 0 Å². The number of hydrogen-bond donors (Lipinski definition) is 2. The van der Waals surface area contributed by atoms with Crippen LogP contribution in [0, 0.1) is 5.41 Å². The Kier molecular flexibility index (Phi) is 8.01. The Balaban J connectivity index is 2.60. The number of methoxy groups -OCH3 is 1. The second-order valence-corrected chi connectivity index (χ2v) is 7.75. The predicted octanol–water partition coefficient (Wildman–Crippen LogP) is 0.368. The predicted molar refractivity (Wildman–Crippen MR) is 86.5 cm³/mol. The fourth-order valence-corrected chi connectivity index (χ4v) is 3.60. The number of amides is 2. The fraction of sp³-hybridized carbons (Fsp3) is 0.786. The normalized spacial score (nSPS) is 25.0. The van der Waals surface area contributed by atoms with Crippen molar-refractivity contribution < 1.29 is 37.3 Å². The van der Waals surface area contributed by atoms with Gasteiger partial charge in [-0.05, 0) is 0 Å². The Hall–Kier alpha value is -1.48. The third-order valence-electron chi connectivity index (χ3n) is 3.36. The zero-order valence-electron chi connectivity index (χ0n) is 14.8. The number of rotatable bonds is 8. The molecular formula is C14H25N2O8P. The molecule has 0 saturated carbocycles. The number of phosphoric acid groups is 1. The second-order valence-electron chi connectivity index (χ2n) is 6.13. The van der Waals surface area contributed by atoms with Crippen molar-refractivity contribution in [2.24, 2.45) is 5.41 Å². The van der Waals surface area contributed by atoms with Gasteiger partial charge in [0.15, 0.2) is 6.10 Å². The summed E-state index contributed by atoms with van der Waals surface area (Å²) in [7, 11) is -2.67. The van der Waals surface area contributed by atoms with Crippen LogP contribution in [0.15, 0.2) is 0 Å². The van der Waals surface area contributed by atoms with E-state index in [2.05, 4.69) is 15.4 Å². The van der Waals surface area contributed by atoms with Gasteiger partial charge < -0.3 is 15.4 Å². The van der Waals surface area contributed by atoms with Crippen molar-refractivity contribution in [3.05, 3.63) is 0 Å². The first-order valence-corrected chi connectivity index (χ1v) is 9.22. The van der Waals surface area contributed by atoms with Crippen LogP contribution in [0.4, 0.5) is 0 Å². The Morgan fingerprint density at radius 1 is 1.24 bits per heavy atom. The summed E-state index contributed by atoms with van der Waals surface area (Å²) in [4.78, 5) is 34.2. The molecule has 0 aliphatic carbocycles. The maximum absolute atomic E-state index is 12.5. The smallest absolute Gasteiger partial charge is 0.469 e. The minimum Gasteiger partial charge on any atom is -0.469 e. The average molecular weight is 380 g/mol. The molecule has 0 bridgehead atoms. The highest BCUT2D eigenvalue weighted by Gasteiger charge is 2.48. The van der Waals surface area contributed by atoms with Crippen molar-refractivity contribution in [3.8, 4) is 0 Å². The molecule has 0 radical (unpaired) electrons. The van der Waals surface area contributed by atoms with Crippen LogP contribution >= 0.6 is 7.82 Å². The topological polar surface area (TPSA) is 129 Å². The van der Waals surface area contributed by atoms with Gasteiger partial charge in [0.1, 0.15) is 0 Å². The van der Waals surface area contributed by atoms with Crippen LogP contribution in [0.25, 0.3) is 0 Å². The first-order chi connectivity index (χ1) is 11.6. The highest BCUT2D eigenvalue weighted by Crippen LogP contribution is 2.57. The lowest BCUT2D eigenvalue weighted by Gasteiger charge is -2.39. The van der Waals surface area contributed by atoms with Gasteiger partial charge in [-0.15, -0.1) is 0 Å². The summed E-state index contributed by atoms with van der Waals surface area (Å²) >= 11 is 0. The number of carbonyl (C=O) groups excluding carboxylic acids is 3. The van der Waals surface area contributed by atoms with Crippen LogP contribution in [-0.2, 0) is 37.3 Å². The molecule has 0 aromatic heterocycles. The zero-order valence-corrected chi connectivity index (χ0v) is 15.7. The molecule has 144 valence electrons. The molecule has 0 aromatic carbocycles. The lowest BCUT2D eigenvalue weighted by molar-refractivity contribution is -0.143. The molecule has 0 aromatic rings. The van der Waals surface area contributed by atoms with Crippen LogP contribution in [-0.4, -0.2) is 57.3 Å². The molecule has 1 saturated heterocycles. The molecule has 11 heteroatoms. The second kappa shape index (κ2) is 9.28. The molecule has 0 spiro atoms. The van der Waals surface area contributed by atoms with Gasteiger partial charge in [-0.25, -0.2) is 4.57 Å². The van der Waals surface area contributed by atoms with E-state index in [0.29, 0.717) is 0 Å². The molecular weight excluding hydrogens is 355 g/mol. The summed E-state index contributed by atoms with van der Waals surface area (Å²) in [6.07, 6.45) is -1.07. The summed E-state index contributed by atoms with van der Waals surface area (Å²) in [5, 5.41) is 5.02. The lowest BCUT2D eigenvalue weighted by atomic mass is 9.87. The van der Waals surface area contributed by atoms with Gasteiger partial charge >= 0.3 is 13.8 Å². The fourth-order valence-electron chi connectivity index (χ4n) is 1.96. The number of nitrogens with one attached hydrogen (secondary N) is 2. The maximum Gasteiger partial charge on any atom is 0.475 e. The van der Waals surface area contributed by atoms with Crippen LogP contribution in [0.1, 0.15) is 27.2 Å². The van der Waals surface area contributed by atoms with Gasteiger partial charge in [-0.1, -0.05) is 13.8 Å². The maximum atomic E-state index is 12.5. The molecule has 1 heterocycles. The Bertz CT molecular complexity index is 551. The lowest BCUT2D eigenvalue weighted by Crippen LogP contribution is -2.50. The summed E-state index contributed by atoms with van der Waals surface area (Å²) in [5.41, 5.74) is -0.746. The molecule has 2 amide bonds. The van der Waals surface area contributed by atoms with Gasteiger partial charge in [-0.3, -0.25) is 28.0 Å². The number of ether oxygens (including phenoxy) is 1. The largest absolute Gasteiger partial charge is 0.475 e. The number of carbonyl (C=O) groups is 3. The molecule has 10 nitrogen and oxygen atoms in total. The standard InChI is InChI=1S/C14H25N2O8P/c1-10(17)15-7-8-22-25(20)23-9-14(2,3)12(24-25)13(19)16-6-5-11(18)21-4/h12H,5-9H2,1-4H3,(H,15,17)(H,16,19)/t12-,25?/m0/s1. The minimum atomic E-state index is -3.92. The molecule has 2 atom stereocenters. The van der Waals surface area contributed by atoms with E-state index in [1.807, 2.05) is 0 Å². The minimum absolute atomic E-state index is 0.0107. The van der Waals surface area contributed by atoms with Crippen molar-refractivity contribution in [3.63, 3.8) is 0 Å². The van der Waals surface area contributed by atoms with Crippen molar-refractivity contribution in [2.45, 2.75) is 33.3 Å². The first kappa shape index (κ1) is 21.6. The molecule has 1 aliphatic rings. The molecule has 25 heavy (non-hydrogen) atoms. The van der Waals surface area contributed by atoms with E-state index in [1.54, 1.807) is 13.8 Å². The van der Waals surface area contributed by atoms with Crippen LogP contribution in [0.3, 0.4) is 0 Å². The van der Waals surface area contributed by atoms with Crippen LogP contribution in [0.2, 0.25) is 0 Å².